The van der Waals surface area contributed by atoms with Crippen molar-refractivity contribution >= 4 is 11.6 Å². The van der Waals surface area contributed by atoms with Gasteiger partial charge in [-0.3, -0.25) is 9.59 Å². The third-order valence-corrected chi connectivity index (χ3v) is 0.912. The maximum Gasteiger partial charge on any atom is 2.00 e. The average molecular weight is 232 g/mol. The van der Waals surface area contributed by atoms with Crippen LogP contribution in [0.1, 0.15) is 13.8 Å². The van der Waals surface area contributed by atoms with Gasteiger partial charge in [-0.05, 0) is 26.0 Å². The van der Waals surface area contributed by atoms with Gasteiger partial charge in [0.05, 0.1) is 0 Å². The van der Waals surface area contributed by atoms with Crippen molar-refractivity contribution in [2.24, 2.45) is 0 Å². The van der Waals surface area contributed by atoms with Crippen LogP contribution in [0, 0.1) is 0 Å². The molecule has 4 nitrogen and oxygen atoms in total. The van der Waals surface area contributed by atoms with Gasteiger partial charge in [0, 0.05) is 0 Å². The summed E-state index contributed by atoms with van der Waals surface area (Å²) in [4.78, 5) is 20.6. The molecule has 13 heavy (non-hydrogen) atoms. The summed E-state index contributed by atoms with van der Waals surface area (Å²) in [6.45, 7) is 2.30. The summed E-state index contributed by atoms with van der Waals surface area (Å²) in [5, 5.41) is 21.4. The Morgan fingerprint density at radius 2 is 1.15 bits per heavy atom. The van der Waals surface area contributed by atoms with Crippen LogP contribution in [0.4, 0.5) is 0 Å². The molecule has 0 aliphatic carbocycles. The van der Waals surface area contributed by atoms with E-state index < -0.39 is 23.1 Å². The van der Waals surface area contributed by atoms with E-state index in [2.05, 4.69) is 0 Å². The number of carbonyl (C=O) groups excluding carboxylic acids is 2. The van der Waals surface area contributed by atoms with Crippen LogP contribution in [0.3, 0.4) is 0 Å². The standard InChI is InChI=1S/C8H10O4.Cu/c1-5(9)3-7(11)8(12)4-6(2)10;/h3-4,11-12H,1-2H3;/q;+2/p-2. The van der Waals surface area contributed by atoms with Crippen molar-refractivity contribution in [1.29, 1.82) is 0 Å². The summed E-state index contributed by atoms with van der Waals surface area (Å²) in [5.74, 6) is -2.94. The summed E-state index contributed by atoms with van der Waals surface area (Å²) in [7, 11) is 0. The van der Waals surface area contributed by atoms with E-state index in [-0.39, 0.29) is 17.1 Å². The number of allylic oxidation sites excluding steroid dienone is 2. The van der Waals surface area contributed by atoms with Crippen molar-refractivity contribution in [3.05, 3.63) is 23.7 Å². The molecule has 0 rings (SSSR count). The number of ketones is 2. The minimum absolute atomic E-state index is 0. The van der Waals surface area contributed by atoms with Gasteiger partial charge in [0.1, 0.15) is 0 Å². The van der Waals surface area contributed by atoms with E-state index in [4.69, 9.17) is 0 Å². The van der Waals surface area contributed by atoms with E-state index in [0.717, 1.165) is 13.8 Å². The molecule has 0 aliphatic heterocycles. The van der Waals surface area contributed by atoms with Gasteiger partial charge in [0.25, 0.3) is 0 Å². The van der Waals surface area contributed by atoms with Crippen molar-refractivity contribution in [2.45, 2.75) is 13.8 Å². The molecule has 75 valence electrons. The topological polar surface area (TPSA) is 80.3 Å². The van der Waals surface area contributed by atoms with Crippen molar-refractivity contribution in [3.8, 4) is 0 Å². The summed E-state index contributed by atoms with van der Waals surface area (Å²) in [5.41, 5.74) is 0. The van der Waals surface area contributed by atoms with E-state index in [1.807, 2.05) is 0 Å². The Balaban J connectivity index is 0. The molecular weight excluding hydrogens is 224 g/mol. The van der Waals surface area contributed by atoms with E-state index in [0.29, 0.717) is 12.2 Å². The van der Waals surface area contributed by atoms with E-state index >= 15 is 0 Å². The molecule has 0 bridgehead atoms. The van der Waals surface area contributed by atoms with Crippen molar-refractivity contribution in [2.75, 3.05) is 0 Å². The quantitative estimate of drug-likeness (QED) is 0.260. The predicted molar refractivity (Wildman–Crippen MR) is 37.5 cm³/mol. The summed E-state index contributed by atoms with van der Waals surface area (Å²) >= 11 is 0. The van der Waals surface area contributed by atoms with Gasteiger partial charge < -0.3 is 10.2 Å². The molecule has 0 aromatic carbocycles. The first-order chi connectivity index (χ1) is 5.43. The van der Waals surface area contributed by atoms with Crippen LogP contribution in [0.25, 0.3) is 0 Å². The molecule has 0 aliphatic rings. The number of rotatable bonds is 3. The minimum Gasteiger partial charge on any atom is -0.873 e. The molecule has 0 amide bonds. The fraction of sp³-hybridized carbons (Fsp3) is 0.250. The normalized spacial score (nSPS) is 11.8. The van der Waals surface area contributed by atoms with Crippen molar-refractivity contribution in [1.82, 2.24) is 0 Å². The van der Waals surface area contributed by atoms with Crippen LogP contribution < -0.4 is 10.2 Å². The largest absolute Gasteiger partial charge is 2.00 e. The third-order valence-electron chi connectivity index (χ3n) is 0.912. The molecule has 0 N–H and O–H groups in total. The Morgan fingerprint density at radius 1 is 0.923 bits per heavy atom. The smallest absolute Gasteiger partial charge is 0.873 e. The van der Waals surface area contributed by atoms with Gasteiger partial charge in [-0.2, -0.15) is 0 Å². The molecule has 0 saturated carbocycles. The zero-order valence-corrected chi connectivity index (χ0v) is 8.03. The second kappa shape index (κ2) is 6.45. The molecule has 0 aromatic rings. The van der Waals surface area contributed by atoms with Crippen LogP contribution >= 0.6 is 0 Å². The molecule has 0 aromatic heterocycles. The summed E-state index contributed by atoms with van der Waals surface area (Å²) in [6.07, 6.45) is 1.31. The number of hydrogen-bond donors (Lipinski definition) is 0. The van der Waals surface area contributed by atoms with Gasteiger partial charge in [0.15, 0.2) is 11.6 Å². The molecule has 0 atom stereocenters. The van der Waals surface area contributed by atoms with Crippen molar-refractivity contribution < 1.29 is 36.9 Å². The Kier molecular flexibility index (Phi) is 7.18. The van der Waals surface area contributed by atoms with Gasteiger partial charge in [-0.1, -0.05) is 0 Å². The zero-order chi connectivity index (χ0) is 9.72. The first-order valence-electron chi connectivity index (χ1n) is 3.22. The molecular formula is C8H8CuO4. The summed E-state index contributed by atoms with van der Waals surface area (Å²) < 4.78 is 0. The monoisotopic (exact) mass is 231 g/mol. The Morgan fingerprint density at radius 3 is 1.31 bits per heavy atom. The fourth-order valence-corrected chi connectivity index (χ4v) is 0.511. The molecule has 0 spiro atoms. The second-order valence-corrected chi connectivity index (χ2v) is 2.24. The molecule has 0 heterocycles. The van der Waals surface area contributed by atoms with Gasteiger partial charge in [-0.25, -0.2) is 0 Å². The van der Waals surface area contributed by atoms with Crippen LogP contribution in [0.5, 0.6) is 0 Å². The second-order valence-electron chi connectivity index (χ2n) is 2.24. The van der Waals surface area contributed by atoms with Crippen LogP contribution in [0.15, 0.2) is 23.7 Å². The number of carbonyl (C=O) groups is 2. The first kappa shape index (κ1) is 14.5. The summed E-state index contributed by atoms with van der Waals surface area (Å²) in [6, 6.07) is 0. The molecule has 0 unspecified atom stereocenters. The van der Waals surface area contributed by atoms with E-state index in [1.54, 1.807) is 0 Å². The van der Waals surface area contributed by atoms with Crippen LogP contribution in [0.2, 0.25) is 0 Å². The molecule has 0 fully saturated rings. The van der Waals surface area contributed by atoms with Crippen molar-refractivity contribution in [3.63, 3.8) is 0 Å². The maximum atomic E-state index is 10.7. The maximum absolute atomic E-state index is 10.7. The Bertz CT molecular complexity index is 237. The third kappa shape index (κ3) is 7.31. The van der Waals surface area contributed by atoms with Crippen LogP contribution in [-0.2, 0) is 26.7 Å². The van der Waals surface area contributed by atoms with Gasteiger partial charge >= 0.3 is 17.1 Å². The SMILES string of the molecule is CC(=O)C=C([O-])C([O-])=CC(C)=O.[Cu+2]. The van der Waals surface area contributed by atoms with E-state index in [9.17, 15) is 19.8 Å². The molecule has 0 saturated heterocycles. The van der Waals surface area contributed by atoms with Crippen LogP contribution in [-0.4, -0.2) is 11.6 Å². The zero-order valence-electron chi connectivity index (χ0n) is 7.09. The van der Waals surface area contributed by atoms with Gasteiger partial charge in [-0.15, -0.1) is 11.5 Å². The average Bonchev–Trinajstić information content (AvgIpc) is 1.84. The van der Waals surface area contributed by atoms with Gasteiger partial charge in [0.2, 0.25) is 0 Å². The van der Waals surface area contributed by atoms with E-state index in [1.165, 1.54) is 0 Å². The minimum atomic E-state index is -0.960. The Hall–Kier alpha value is -1.06. The molecule has 5 heteroatoms. The predicted octanol–water partition coefficient (Wildman–Crippen LogP) is -1.35. The molecule has 1 radical (unpaired) electrons. The first-order valence-corrected chi connectivity index (χ1v) is 3.22. The number of hydrogen-bond acceptors (Lipinski definition) is 4. The Labute approximate surface area is 86.4 Å². The fourth-order valence-electron chi connectivity index (χ4n) is 0.511.